The minimum Gasteiger partial charge on any atom is -0.373 e. The lowest BCUT2D eigenvalue weighted by atomic mass is 9.96. The van der Waals surface area contributed by atoms with E-state index in [4.69, 9.17) is 9.26 Å². The Labute approximate surface area is 148 Å². The van der Waals surface area contributed by atoms with Crippen LogP contribution in [-0.2, 0) is 17.6 Å². The lowest BCUT2D eigenvalue weighted by Crippen LogP contribution is -2.44. The highest BCUT2D eigenvalue weighted by Gasteiger charge is 2.27. The zero-order valence-electron chi connectivity index (χ0n) is 13.8. The van der Waals surface area contributed by atoms with Crippen molar-refractivity contribution >= 4 is 12.4 Å². The number of hydrogen-bond donors (Lipinski definition) is 1. The van der Waals surface area contributed by atoms with E-state index in [-0.39, 0.29) is 24.6 Å². The van der Waals surface area contributed by atoms with Gasteiger partial charge in [-0.2, -0.15) is 4.98 Å². The quantitative estimate of drug-likeness (QED) is 0.912. The SMILES string of the molecule is CN1CCNCC1c1noc(CC2OCCc3ccccc32)n1.Cl. The highest BCUT2D eigenvalue weighted by atomic mass is 35.5. The number of nitrogens with one attached hydrogen (secondary N) is 1. The lowest BCUT2D eigenvalue weighted by molar-refractivity contribution is 0.0375. The summed E-state index contributed by atoms with van der Waals surface area (Å²) in [6.45, 7) is 3.61. The first-order valence-corrected chi connectivity index (χ1v) is 8.24. The van der Waals surface area contributed by atoms with E-state index < -0.39 is 0 Å². The van der Waals surface area contributed by atoms with Crippen LogP contribution in [-0.4, -0.2) is 48.3 Å². The van der Waals surface area contributed by atoms with Gasteiger partial charge in [-0.05, 0) is 24.6 Å². The molecule has 0 spiro atoms. The fourth-order valence-corrected chi connectivity index (χ4v) is 3.38. The molecular weight excluding hydrogens is 328 g/mol. The molecule has 1 saturated heterocycles. The summed E-state index contributed by atoms with van der Waals surface area (Å²) in [5, 5.41) is 7.57. The van der Waals surface area contributed by atoms with Crippen molar-refractivity contribution in [1.29, 1.82) is 0 Å². The Balaban J connectivity index is 0.00000169. The predicted octanol–water partition coefficient (Wildman–Crippen LogP) is 1.92. The van der Waals surface area contributed by atoms with Crippen LogP contribution in [0, 0.1) is 0 Å². The number of hydrogen-bond acceptors (Lipinski definition) is 6. The Kier molecular flexibility index (Phi) is 5.50. The molecule has 0 radical (unpaired) electrons. The standard InChI is InChI=1S/C17H22N4O2.ClH/c1-21-8-7-18-11-14(21)17-19-16(23-20-17)10-15-13-5-3-2-4-12(13)6-9-22-15;/h2-5,14-15,18H,6-11H2,1H3;1H. The van der Waals surface area contributed by atoms with Gasteiger partial charge in [0, 0.05) is 19.6 Å². The third-order valence-corrected chi connectivity index (χ3v) is 4.75. The number of rotatable bonds is 3. The Bertz CT molecular complexity index is 678. The number of ether oxygens (including phenoxy) is 1. The predicted molar refractivity (Wildman–Crippen MR) is 92.3 cm³/mol. The number of likely N-dealkylation sites (N-methyl/N-ethyl adjacent to an activating group) is 1. The molecule has 0 amide bonds. The summed E-state index contributed by atoms with van der Waals surface area (Å²) in [6, 6.07) is 8.63. The van der Waals surface area contributed by atoms with E-state index in [0.717, 1.165) is 38.5 Å². The van der Waals surface area contributed by atoms with Gasteiger partial charge < -0.3 is 14.6 Å². The molecule has 0 aliphatic carbocycles. The number of halogens is 1. The Hall–Kier alpha value is -1.47. The molecule has 6 nitrogen and oxygen atoms in total. The van der Waals surface area contributed by atoms with Gasteiger partial charge in [-0.15, -0.1) is 12.4 Å². The molecule has 4 rings (SSSR count). The molecule has 2 unspecified atom stereocenters. The van der Waals surface area contributed by atoms with Gasteiger partial charge in [-0.3, -0.25) is 4.90 Å². The number of fused-ring (bicyclic) bond motifs is 1. The second kappa shape index (κ2) is 7.61. The summed E-state index contributed by atoms with van der Waals surface area (Å²) in [7, 11) is 2.10. The molecule has 0 bridgehead atoms. The largest absolute Gasteiger partial charge is 0.373 e. The van der Waals surface area contributed by atoms with Gasteiger partial charge in [0.1, 0.15) is 0 Å². The van der Waals surface area contributed by atoms with Crippen LogP contribution < -0.4 is 5.32 Å². The van der Waals surface area contributed by atoms with Crippen LogP contribution in [0.15, 0.2) is 28.8 Å². The van der Waals surface area contributed by atoms with Crippen LogP contribution in [0.25, 0.3) is 0 Å². The van der Waals surface area contributed by atoms with Crippen LogP contribution in [0.2, 0.25) is 0 Å². The van der Waals surface area contributed by atoms with Crippen molar-refractivity contribution in [3.8, 4) is 0 Å². The molecule has 2 aliphatic heterocycles. The van der Waals surface area contributed by atoms with Crippen molar-refractivity contribution < 1.29 is 9.26 Å². The van der Waals surface area contributed by atoms with Crippen molar-refractivity contribution in [2.45, 2.75) is 25.0 Å². The molecule has 1 aromatic heterocycles. The third-order valence-electron chi connectivity index (χ3n) is 4.75. The van der Waals surface area contributed by atoms with E-state index in [9.17, 15) is 0 Å². The number of nitrogens with zero attached hydrogens (tertiary/aromatic N) is 3. The van der Waals surface area contributed by atoms with Gasteiger partial charge in [0.05, 0.1) is 25.2 Å². The van der Waals surface area contributed by atoms with Crippen LogP contribution in [0.4, 0.5) is 0 Å². The second-order valence-electron chi connectivity index (χ2n) is 6.26. The van der Waals surface area contributed by atoms with E-state index in [1.54, 1.807) is 0 Å². The molecule has 2 aromatic rings. The topological polar surface area (TPSA) is 63.4 Å². The summed E-state index contributed by atoms with van der Waals surface area (Å²) in [5.74, 6) is 1.42. The highest BCUT2D eigenvalue weighted by Crippen LogP contribution is 2.30. The van der Waals surface area contributed by atoms with Gasteiger partial charge in [-0.1, -0.05) is 29.4 Å². The summed E-state index contributed by atoms with van der Waals surface area (Å²) in [6.07, 6.45) is 1.62. The first-order valence-electron chi connectivity index (χ1n) is 8.24. The maximum atomic E-state index is 5.93. The summed E-state index contributed by atoms with van der Waals surface area (Å²) >= 11 is 0. The van der Waals surface area contributed by atoms with Crippen LogP contribution in [0.1, 0.15) is 35.0 Å². The molecule has 130 valence electrons. The monoisotopic (exact) mass is 350 g/mol. The van der Waals surface area contributed by atoms with Gasteiger partial charge in [0.2, 0.25) is 5.89 Å². The van der Waals surface area contributed by atoms with Gasteiger partial charge in [0.25, 0.3) is 0 Å². The minimum atomic E-state index is 0. The number of benzene rings is 1. The summed E-state index contributed by atoms with van der Waals surface area (Å²) < 4.78 is 11.4. The molecule has 2 atom stereocenters. The van der Waals surface area contributed by atoms with E-state index in [1.807, 2.05) is 0 Å². The minimum absolute atomic E-state index is 0. The fourth-order valence-electron chi connectivity index (χ4n) is 3.38. The maximum absolute atomic E-state index is 5.93. The van der Waals surface area contributed by atoms with Crippen LogP contribution in [0.5, 0.6) is 0 Å². The lowest BCUT2D eigenvalue weighted by Gasteiger charge is -2.30. The zero-order valence-corrected chi connectivity index (χ0v) is 14.6. The first-order chi connectivity index (χ1) is 11.3. The van der Waals surface area contributed by atoms with Crippen molar-refractivity contribution in [3.63, 3.8) is 0 Å². The summed E-state index contributed by atoms with van der Waals surface area (Å²) in [5.41, 5.74) is 2.61. The van der Waals surface area contributed by atoms with Crippen LogP contribution in [0.3, 0.4) is 0 Å². The molecule has 3 heterocycles. The van der Waals surface area contributed by atoms with E-state index in [2.05, 4.69) is 51.7 Å². The molecule has 1 aromatic carbocycles. The summed E-state index contributed by atoms with van der Waals surface area (Å²) in [4.78, 5) is 6.87. The van der Waals surface area contributed by atoms with Crippen LogP contribution >= 0.6 is 12.4 Å². The zero-order chi connectivity index (χ0) is 15.6. The van der Waals surface area contributed by atoms with E-state index >= 15 is 0 Å². The fraction of sp³-hybridized carbons (Fsp3) is 0.529. The molecule has 1 fully saturated rings. The molecule has 24 heavy (non-hydrogen) atoms. The normalized spacial score (nSPS) is 24.2. The molecule has 1 N–H and O–H groups in total. The average Bonchev–Trinajstić information content (AvgIpc) is 3.04. The van der Waals surface area contributed by atoms with Crippen molar-refractivity contribution in [2.24, 2.45) is 0 Å². The second-order valence-corrected chi connectivity index (χ2v) is 6.26. The molecule has 0 saturated carbocycles. The van der Waals surface area contributed by atoms with Gasteiger partial charge >= 0.3 is 0 Å². The van der Waals surface area contributed by atoms with E-state index in [1.165, 1.54) is 11.1 Å². The number of aromatic nitrogens is 2. The molecule has 2 aliphatic rings. The van der Waals surface area contributed by atoms with Gasteiger partial charge in [0.15, 0.2) is 5.82 Å². The Morgan fingerprint density at radius 1 is 1.33 bits per heavy atom. The maximum Gasteiger partial charge on any atom is 0.229 e. The number of piperazine rings is 1. The Morgan fingerprint density at radius 3 is 3.08 bits per heavy atom. The first kappa shape index (κ1) is 17.4. The highest BCUT2D eigenvalue weighted by molar-refractivity contribution is 5.85. The van der Waals surface area contributed by atoms with Crippen molar-refractivity contribution in [1.82, 2.24) is 20.4 Å². The molecule has 7 heteroatoms. The Morgan fingerprint density at radius 2 is 2.21 bits per heavy atom. The van der Waals surface area contributed by atoms with E-state index in [0.29, 0.717) is 12.3 Å². The smallest absolute Gasteiger partial charge is 0.229 e. The van der Waals surface area contributed by atoms with Crippen molar-refractivity contribution in [3.05, 3.63) is 47.1 Å². The molecular formula is C17H23ClN4O2. The van der Waals surface area contributed by atoms with Gasteiger partial charge in [-0.25, -0.2) is 0 Å². The average molecular weight is 351 g/mol. The van der Waals surface area contributed by atoms with Crippen molar-refractivity contribution in [2.75, 3.05) is 33.3 Å². The third kappa shape index (κ3) is 3.47.